The summed E-state index contributed by atoms with van der Waals surface area (Å²) in [5.74, 6) is -0.851. The second kappa shape index (κ2) is 33.1. The summed E-state index contributed by atoms with van der Waals surface area (Å²) in [6.07, 6.45) is 41.5. The van der Waals surface area contributed by atoms with E-state index in [9.17, 15) is 0 Å². The minimum Gasteiger partial charge on any atom is -0.327 e. The molecule has 0 saturated heterocycles. The van der Waals surface area contributed by atoms with E-state index in [2.05, 4.69) is 69.2 Å². The van der Waals surface area contributed by atoms with Crippen LogP contribution in [0.1, 0.15) is 275 Å². The molecular weight excluding hydrogens is 637 g/mol. The Balaban J connectivity index is 4.92. The van der Waals surface area contributed by atoms with Gasteiger partial charge in [-0.05, 0) is 61.2 Å². The predicted octanol–water partition coefficient (Wildman–Crippen LogP) is 17.3. The van der Waals surface area contributed by atoms with E-state index in [1.54, 1.807) is 0 Å². The van der Waals surface area contributed by atoms with Gasteiger partial charge in [-0.25, -0.2) is 0 Å². The van der Waals surface area contributed by atoms with Crippen molar-refractivity contribution >= 4 is 0 Å². The maximum Gasteiger partial charge on any atom is 0.282 e. The molecule has 0 aliphatic carbocycles. The third-order valence-electron chi connectivity index (χ3n) is 10.8. The summed E-state index contributed by atoms with van der Waals surface area (Å²) in [6.45, 7) is 25.8. The molecule has 0 aromatic carbocycles. The first-order valence-corrected chi connectivity index (χ1v) is 23.6. The average Bonchev–Trinajstić information content (AvgIpc) is 3.05. The largest absolute Gasteiger partial charge is 0.327 e. The van der Waals surface area contributed by atoms with Crippen molar-refractivity contribution in [3.05, 3.63) is 0 Å². The molecule has 0 bridgehead atoms. The molecule has 0 unspecified atom stereocenters. The molecule has 0 amide bonds. The van der Waals surface area contributed by atoms with Gasteiger partial charge in [-0.1, -0.05) is 223 Å². The first kappa shape index (κ1) is 51.9. The first-order valence-electron chi connectivity index (χ1n) is 23.6. The molecule has 314 valence electrons. The molecule has 0 radical (unpaired) electrons. The van der Waals surface area contributed by atoms with Crippen molar-refractivity contribution in [2.45, 2.75) is 281 Å². The van der Waals surface area contributed by atoms with Gasteiger partial charge < -0.3 is 14.2 Å². The number of rotatable bonds is 38. The average molecular weight is 737 g/mol. The Morgan fingerprint density at radius 2 is 0.462 bits per heavy atom. The van der Waals surface area contributed by atoms with Gasteiger partial charge in [0.1, 0.15) is 0 Å². The summed E-state index contributed by atoms with van der Waals surface area (Å²) in [5.41, 5.74) is 1.42. The Labute approximate surface area is 330 Å². The van der Waals surface area contributed by atoms with Crippen molar-refractivity contribution in [2.24, 2.45) is 16.2 Å². The maximum absolute atomic E-state index is 6.71. The summed E-state index contributed by atoms with van der Waals surface area (Å²) in [4.78, 5) is 0. The summed E-state index contributed by atoms with van der Waals surface area (Å²) >= 11 is 0. The smallest absolute Gasteiger partial charge is 0.282 e. The molecule has 3 nitrogen and oxygen atoms in total. The topological polar surface area (TPSA) is 27.7 Å². The van der Waals surface area contributed by atoms with Crippen LogP contribution in [0.3, 0.4) is 0 Å². The van der Waals surface area contributed by atoms with Gasteiger partial charge >= 0.3 is 0 Å². The van der Waals surface area contributed by atoms with E-state index < -0.39 is 5.97 Å². The highest BCUT2D eigenvalue weighted by molar-refractivity contribution is 4.65. The Morgan fingerprint density at radius 1 is 0.250 bits per heavy atom. The van der Waals surface area contributed by atoms with E-state index in [1.807, 2.05) is 0 Å². The number of ether oxygens (including phenoxy) is 3. The molecule has 0 heterocycles. The van der Waals surface area contributed by atoms with Crippen molar-refractivity contribution in [3.8, 4) is 0 Å². The monoisotopic (exact) mass is 737 g/mol. The zero-order valence-electron chi connectivity index (χ0n) is 38.0. The number of unbranched alkanes of at least 4 members (excludes halogenated alkanes) is 24. The Morgan fingerprint density at radius 3 is 0.712 bits per heavy atom. The lowest BCUT2D eigenvalue weighted by atomic mass is 9.89. The molecule has 0 atom stereocenters. The van der Waals surface area contributed by atoms with Gasteiger partial charge in [0.25, 0.3) is 5.97 Å². The molecule has 0 N–H and O–H groups in total. The highest BCUT2D eigenvalue weighted by atomic mass is 16.9. The van der Waals surface area contributed by atoms with Crippen LogP contribution < -0.4 is 0 Å². The van der Waals surface area contributed by atoms with Crippen molar-refractivity contribution in [3.63, 3.8) is 0 Å². The lowest BCUT2D eigenvalue weighted by Gasteiger charge is -2.34. The fourth-order valence-electron chi connectivity index (χ4n) is 7.25. The van der Waals surface area contributed by atoms with Crippen LogP contribution in [0.2, 0.25) is 0 Å². The van der Waals surface area contributed by atoms with Gasteiger partial charge in [0.2, 0.25) is 0 Å². The lowest BCUT2D eigenvalue weighted by Crippen LogP contribution is -2.40. The normalized spacial score (nSPS) is 13.0. The molecule has 0 aromatic rings. The Hall–Kier alpha value is -0.120. The number of hydrogen-bond donors (Lipinski definition) is 0. The first-order chi connectivity index (χ1) is 24.7. The van der Waals surface area contributed by atoms with Crippen LogP contribution in [-0.2, 0) is 14.2 Å². The van der Waals surface area contributed by atoms with Crippen molar-refractivity contribution < 1.29 is 14.2 Å². The maximum atomic E-state index is 6.71. The van der Waals surface area contributed by atoms with E-state index in [4.69, 9.17) is 14.2 Å². The molecule has 0 aromatic heterocycles. The minimum atomic E-state index is -0.851. The van der Waals surface area contributed by atoms with E-state index >= 15 is 0 Å². The van der Waals surface area contributed by atoms with Crippen LogP contribution in [0.4, 0.5) is 0 Å². The van der Waals surface area contributed by atoms with Gasteiger partial charge in [0.15, 0.2) is 0 Å². The molecule has 0 fully saturated rings. The zero-order valence-corrected chi connectivity index (χ0v) is 38.0. The van der Waals surface area contributed by atoms with Crippen molar-refractivity contribution in [1.29, 1.82) is 0 Å². The third kappa shape index (κ3) is 39.6. The van der Waals surface area contributed by atoms with Crippen molar-refractivity contribution in [1.82, 2.24) is 0 Å². The third-order valence-corrected chi connectivity index (χ3v) is 10.8. The second-order valence-corrected chi connectivity index (χ2v) is 20.5. The fourth-order valence-corrected chi connectivity index (χ4v) is 7.25. The van der Waals surface area contributed by atoms with E-state index in [0.717, 1.165) is 51.9 Å². The van der Waals surface area contributed by atoms with Crippen LogP contribution in [0.25, 0.3) is 0 Å². The standard InChI is InChI=1S/C49H100O3/c1-11-12-13-14-18-28-35-42-49(50-43-36-29-22-15-19-25-32-39-46(2,3)4,51-44-37-30-23-16-20-26-33-40-47(5,6)7)52-45-38-31-24-17-21-27-34-41-48(8,9)10/h11-45H2,1-10H3. The van der Waals surface area contributed by atoms with Crippen LogP contribution in [0.5, 0.6) is 0 Å². The Kier molecular flexibility index (Phi) is 33.0. The quantitative estimate of drug-likeness (QED) is 0.0467. The number of hydrogen-bond acceptors (Lipinski definition) is 3. The summed E-state index contributed by atoms with van der Waals surface area (Å²) in [5, 5.41) is 0. The minimum absolute atomic E-state index is 0.473. The molecule has 0 aliphatic rings. The molecule has 0 aliphatic heterocycles. The van der Waals surface area contributed by atoms with Gasteiger partial charge in [-0.3, -0.25) is 0 Å². The van der Waals surface area contributed by atoms with Crippen LogP contribution >= 0.6 is 0 Å². The second-order valence-electron chi connectivity index (χ2n) is 20.5. The summed E-state index contributed by atoms with van der Waals surface area (Å²) < 4.78 is 20.1. The molecular formula is C49H100O3. The van der Waals surface area contributed by atoms with Crippen LogP contribution in [-0.4, -0.2) is 25.8 Å². The van der Waals surface area contributed by atoms with E-state index in [-0.39, 0.29) is 0 Å². The van der Waals surface area contributed by atoms with Gasteiger partial charge in [-0.2, -0.15) is 0 Å². The summed E-state index contributed by atoms with van der Waals surface area (Å²) in [7, 11) is 0. The van der Waals surface area contributed by atoms with Crippen LogP contribution in [0, 0.1) is 16.2 Å². The van der Waals surface area contributed by atoms with Gasteiger partial charge in [0.05, 0.1) is 19.8 Å². The predicted molar refractivity (Wildman–Crippen MR) is 232 cm³/mol. The summed E-state index contributed by atoms with van der Waals surface area (Å²) in [6, 6.07) is 0. The highest BCUT2D eigenvalue weighted by Gasteiger charge is 2.33. The molecule has 0 spiro atoms. The van der Waals surface area contributed by atoms with Crippen molar-refractivity contribution in [2.75, 3.05) is 19.8 Å². The van der Waals surface area contributed by atoms with Crippen LogP contribution in [0.15, 0.2) is 0 Å². The highest BCUT2D eigenvalue weighted by Crippen LogP contribution is 2.28. The van der Waals surface area contributed by atoms with Gasteiger partial charge in [0, 0.05) is 6.42 Å². The molecule has 0 rings (SSSR count). The Bertz CT molecular complexity index is 641. The molecule has 0 saturated carbocycles. The zero-order chi connectivity index (χ0) is 38.9. The molecule has 52 heavy (non-hydrogen) atoms. The fraction of sp³-hybridized carbons (Fsp3) is 1.00. The molecule has 3 heteroatoms. The SMILES string of the molecule is CCCCCCCCCC(OCCCCCCCCCC(C)(C)C)(OCCCCCCCCCC(C)(C)C)OCCCCCCCCCC(C)(C)C. The van der Waals surface area contributed by atoms with Gasteiger partial charge in [-0.15, -0.1) is 0 Å². The van der Waals surface area contributed by atoms with E-state index in [1.165, 1.54) is 173 Å². The van der Waals surface area contributed by atoms with E-state index in [0.29, 0.717) is 16.2 Å². The lowest BCUT2D eigenvalue weighted by molar-refractivity contribution is -0.384.